The molecule has 0 aromatic carbocycles. The number of rotatable bonds is 5. The van der Waals surface area contributed by atoms with E-state index in [1.54, 1.807) is 0 Å². The molecule has 1 aliphatic carbocycles. The van der Waals surface area contributed by atoms with Gasteiger partial charge in [0.05, 0.1) is 0 Å². The summed E-state index contributed by atoms with van der Waals surface area (Å²) >= 11 is 0. The molecule has 0 amide bonds. The van der Waals surface area contributed by atoms with Crippen LogP contribution in [0.2, 0.25) is 0 Å². The van der Waals surface area contributed by atoms with E-state index in [0.717, 1.165) is 29.9 Å². The highest BCUT2D eigenvalue weighted by Crippen LogP contribution is 2.28. The van der Waals surface area contributed by atoms with Crippen LogP contribution in [-0.2, 0) is 0 Å². The van der Waals surface area contributed by atoms with Gasteiger partial charge in [-0.3, -0.25) is 0 Å². The van der Waals surface area contributed by atoms with Gasteiger partial charge in [0.2, 0.25) is 0 Å². The van der Waals surface area contributed by atoms with Gasteiger partial charge in [-0.2, -0.15) is 0 Å². The molecule has 19 heavy (non-hydrogen) atoms. The van der Waals surface area contributed by atoms with Gasteiger partial charge < -0.3 is 10.6 Å². The van der Waals surface area contributed by atoms with E-state index in [0.29, 0.717) is 6.04 Å². The number of anilines is 2. The fourth-order valence-electron chi connectivity index (χ4n) is 2.90. The molecule has 0 radical (unpaired) electrons. The Labute approximate surface area is 116 Å². The van der Waals surface area contributed by atoms with Crippen LogP contribution in [0.25, 0.3) is 0 Å². The topological polar surface area (TPSA) is 49.8 Å². The van der Waals surface area contributed by atoms with Crippen molar-refractivity contribution in [2.24, 2.45) is 5.92 Å². The van der Waals surface area contributed by atoms with Crippen molar-refractivity contribution in [2.75, 3.05) is 17.2 Å². The van der Waals surface area contributed by atoms with Crippen molar-refractivity contribution in [1.29, 1.82) is 0 Å². The summed E-state index contributed by atoms with van der Waals surface area (Å²) in [5.41, 5.74) is 0. The van der Waals surface area contributed by atoms with Crippen LogP contribution < -0.4 is 10.6 Å². The molecule has 2 N–H and O–H groups in total. The maximum absolute atomic E-state index is 4.49. The van der Waals surface area contributed by atoms with Crippen LogP contribution in [0.3, 0.4) is 0 Å². The minimum atomic E-state index is 0.490. The van der Waals surface area contributed by atoms with E-state index in [-0.39, 0.29) is 0 Å². The summed E-state index contributed by atoms with van der Waals surface area (Å²) in [5.74, 6) is 3.46. The Morgan fingerprint density at radius 1 is 1.21 bits per heavy atom. The van der Waals surface area contributed by atoms with Crippen LogP contribution in [0.15, 0.2) is 6.07 Å². The second-order valence-electron chi connectivity index (χ2n) is 5.55. The molecule has 1 heterocycles. The molecular formula is C15H26N4. The minimum Gasteiger partial charge on any atom is -0.370 e. The summed E-state index contributed by atoms with van der Waals surface area (Å²) in [5, 5.41) is 6.81. The molecule has 0 spiro atoms. The number of hydrogen-bond acceptors (Lipinski definition) is 4. The van der Waals surface area contributed by atoms with Crippen LogP contribution in [0, 0.1) is 12.8 Å². The molecule has 1 aliphatic rings. The number of nitrogens with zero attached hydrogens (tertiary/aromatic N) is 2. The first kappa shape index (κ1) is 14.1. The van der Waals surface area contributed by atoms with Crippen molar-refractivity contribution < 1.29 is 0 Å². The van der Waals surface area contributed by atoms with Crippen molar-refractivity contribution in [2.45, 2.75) is 58.9 Å². The molecule has 1 unspecified atom stereocenters. The van der Waals surface area contributed by atoms with Gasteiger partial charge in [-0.1, -0.05) is 19.3 Å². The molecular weight excluding hydrogens is 236 g/mol. The van der Waals surface area contributed by atoms with E-state index in [4.69, 9.17) is 0 Å². The lowest BCUT2D eigenvalue weighted by Crippen LogP contribution is -2.28. The molecule has 1 aromatic heterocycles. The lowest BCUT2D eigenvalue weighted by Gasteiger charge is -2.28. The van der Waals surface area contributed by atoms with E-state index >= 15 is 0 Å². The summed E-state index contributed by atoms with van der Waals surface area (Å²) in [4.78, 5) is 8.87. The minimum absolute atomic E-state index is 0.490. The predicted molar refractivity (Wildman–Crippen MR) is 80.6 cm³/mol. The molecule has 2 rings (SSSR count). The van der Waals surface area contributed by atoms with Gasteiger partial charge in [-0.15, -0.1) is 0 Å². The lowest BCUT2D eigenvalue weighted by atomic mass is 9.84. The highest BCUT2D eigenvalue weighted by atomic mass is 15.1. The van der Waals surface area contributed by atoms with Crippen molar-refractivity contribution >= 4 is 11.6 Å². The average molecular weight is 262 g/mol. The second kappa shape index (κ2) is 6.73. The van der Waals surface area contributed by atoms with Crippen molar-refractivity contribution in [3.05, 3.63) is 11.9 Å². The third-order valence-corrected chi connectivity index (χ3v) is 3.93. The first-order chi connectivity index (χ1) is 9.19. The van der Waals surface area contributed by atoms with Gasteiger partial charge in [-0.25, -0.2) is 9.97 Å². The summed E-state index contributed by atoms with van der Waals surface area (Å²) in [6.45, 7) is 7.18. The molecule has 4 nitrogen and oxygen atoms in total. The Kier molecular flexibility index (Phi) is 5.00. The van der Waals surface area contributed by atoms with Gasteiger partial charge in [0.25, 0.3) is 0 Å². The molecule has 1 fully saturated rings. The number of aromatic nitrogens is 2. The Morgan fingerprint density at radius 3 is 2.58 bits per heavy atom. The zero-order valence-electron chi connectivity index (χ0n) is 12.4. The van der Waals surface area contributed by atoms with Gasteiger partial charge in [0.15, 0.2) is 0 Å². The molecule has 0 bridgehead atoms. The number of nitrogens with one attached hydrogen (secondary N) is 2. The van der Waals surface area contributed by atoms with Gasteiger partial charge in [-0.05, 0) is 39.5 Å². The SMILES string of the molecule is CCNc1cc(NC(C)C2CCCCC2)nc(C)n1. The Morgan fingerprint density at radius 2 is 1.89 bits per heavy atom. The molecule has 4 heteroatoms. The van der Waals surface area contributed by atoms with Crippen molar-refractivity contribution in [3.63, 3.8) is 0 Å². The van der Waals surface area contributed by atoms with E-state index in [1.807, 2.05) is 13.0 Å². The second-order valence-corrected chi connectivity index (χ2v) is 5.55. The first-order valence-electron chi connectivity index (χ1n) is 7.55. The van der Waals surface area contributed by atoms with Gasteiger partial charge >= 0.3 is 0 Å². The highest BCUT2D eigenvalue weighted by Gasteiger charge is 2.20. The van der Waals surface area contributed by atoms with Crippen LogP contribution in [0.4, 0.5) is 11.6 Å². The monoisotopic (exact) mass is 262 g/mol. The zero-order valence-corrected chi connectivity index (χ0v) is 12.4. The summed E-state index contributed by atoms with van der Waals surface area (Å²) in [7, 11) is 0. The normalized spacial score (nSPS) is 18.1. The highest BCUT2D eigenvalue weighted by molar-refractivity contribution is 5.47. The summed E-state index contributed by atoms with van der Waals surface area (Å²) < 4.78 is 0. The largest absolute Gasteiger partial charge is 0.370 e. The standard InChI is InChI=1S/C15H26N4/c1-4-16-14-10-15(19-12(3)18-14)17-11(2)13-8-6-5-7-9-13/h10-11,13H,4-9H2,1-3H3,(H2,16,17,18,19). The Hall–Kier alpha value is -1.32. The van der Waals surface area contributed by atoms with Crippen molar-refractivity contribution in [3.8, 4) is 0 Å². The zero-order chi connectivity index (χ0) is 13.7. The van der Waals surface area contributed by atoms with Crippen LogP contribution >= 0.6 is 0 Å². The maximum atomic E-state index is 4.49. The van der Waals surface area contributed by atoms with E-state index in [2.05, 4.69) is 34.4 Å². The average Bonchev–Trinajstić information content (AvgIpc) is 2.39. The summed E-state index contributed by atoms with van der Waals surface area (Å²) in [6.07, 6.45) is 6.85. The summed E-state index contributed by atoms with van der Waals surface area (Å²) in [6, 6.07) is 2.50. The Bertz CT molecular complexity index is 399. The van der Waals surface area contributed by atoms with Crippen LogP contribution in [0.1, 0.15) is 51.8 Å². The number of hydrogen-bond donors (Lipinski definition) is 2. The maximum Gasteiger partial charge on any atom is 0.132 e. The van der Waals surface area contributed by atoms with Crippen molar-refractivity contribution in [1.82, 2.24) is 9.97 Å². The third-order valence-electron chi connectivity index (χ3n) is 3.93. The smallest absolute Gasteiger partial charge is 0.132 e. The fraction of sp³-hybridized carbons (Fsp3) is 0.733. The van der Waals surface area contributed by atoms with Crippen LogP contribution in [0.5, 0.6) is 0 Å². The molecule has 106 valence electrons. The molecule has 1 saturated carbocycles. The van der Waals surface area contributed by atoms with E-state index in [9.17, 15) is 0 Å². The Balaban J connectivity index is 2.00. The molecule has 1 aromatic rings. The van der Waals surface area contributed by atoms with E-state index in [1.165, 1.54) is 32.1 Å². The third kappa shape index (κ3) is 4.08. The van der Waals surface area contributed by atoms with E-state index < -0.39 is 0 Å². The lowest BCUT2D eigenvalue weighted by molar-refractivity contribution is 0.328. The first-order valence-corrected chi connectivity index (χ1v) is 7.55. The molecule has 1 atom stereocenters. The molecule has 0 saturated heterocycles. The predicted octanol–water partition coefficient (Wildman–Crippen LogP) is 3.60. The quantitative estimate of drug-likeness (QED) is 0.851. The molecule has 0 aliphatic heterocycles. The fourth-order valence-corrected chi connectivity index (χ4v) is 2.90. The van der Waals surface area contributed by atoms with Gasteiger partial charge in [0.1, 0.15) is 17.5 Å². The van der Waals surface area contributed by atoms with Crippen LogP contribution in [-0.4, -0.2) is 22.6 Å². The number of aryl methyl sites for hydroxylation is 1. The van der Waals surface area contributed by atoms with Gasteiger partial charge in [0, 0.05) is 18.7 Å².